The van der Waals surface area contributed by atoms with Crippen LogP contribution in [0.3, 0.4) is 0 Å². The minimum Gasteiger partial charge on any atom is -0.339 e. The zero-order valence-corrected chi connectivity index (χ0v) is 20.0. The minimum absolute atomic E-state index is 0.0337. The molecule has 1 aliphatic heterocycles. The summed E-state index contributed by atoms with van der Waals surface area (Å²) >= 11 is 1.23. The van der Waals surface area contributed by atoms with Gasteiger partial charge in [-0.3, -0.25) is 14.5 Å². The third-order valence-corrected chi connectivity index (χ3v) is 6.96. The monoisotopic (exact) mass is 477 g/mol. The molecule has 0 unspecified atom stereocenters. The van der Waals surface area contributed by atoms with Crippen LogP contribution in [0, 0.1) is 11.7 Å². The molecule has 0 N–H and O–H groups in total. The van der Waals surface area contributed by atoms with E-state index in [-0.39, 0.29) is 17.5 Å². The molecule has 0 bridgehead atoms. The van der Waals surface area contributed by atoms with Gasteiger partial charge in [0.2, 0.25) is 11.8 Å². The van der Waals surface area contributed by atoms with E-state index in [1.807, 2.05) is 11.0 Å². The van der Waals surface area contributed by atoms with E-state index >= 15 is 0 Å². The van der Waals surface area contributed by atoms with Gasteiger partial charge >= 0.3 is 0 Å². The van der Waals surface area contributed by atoms with Crippen molar-refractivity contribution in [3.8, 4) is 0 Å². The van der Waals surface area contributed by atoms with Gasteiger partial charge in [0.25, 0.3) is 0 Å². The fourth-order valence-corrected chi connectivity index (χ4v) is 5.06. The molecule has 1 fully saturated rings. The molecule has 0 spiro atoms. The number of hydrogen-bond donors (Lipinski definition) is 0. The van der Waals surface area contributed by atoms with E-state index in [0.29, 0.717) is 16.7 Å². The molecule has 1 aliphatic rings. The maximum atomic E-state index is 14.2. The smallest absolute Gasteiger partial charge is 0.246 e. The average Bonchev–Trinajstić information content (AvgIpc) is 3.32. The van der Waals surface area contributed by atoms with Gasteiger partial charge < -0.3 is 4.90 Å². The molecule has 5 nitrogen and oxygen atoms in total. The highest BCUT2D eigenvalue weighted by Gasteiger charge is 2.22. The molecule has 176 valence electrons. The Bertz CT molecular complexity index is 1150. The van der Waals surface area contributed by atoms with E-state index < -0.39 is 5.82 Å². The zero-order valence-electron chi connectivity index (χ0n) is 19.2. The number of para-hydroxylation sites is 1. The van der Waals surface area contributed by atoms with Crippen LogP contribution in [0.5, 0.6) is 0 Å². The molecule has 7 heteroatoms. The van der Waals surface area contributed by atoms with Crippen molar-refractivity contribution >= 4 is 40.0 Å². The lowest BCUT2D eigenvalue weighted by atomic mass is 9.90. The maximum absolute atomic E-state index is 14.2. The van der Waals surface area contributed by atoms with Crippen molar-refractivity contribution in [2.24, 2.45) is 5.92 Å². The Labute approximate surface area is 203 Å². The van der Waals surface area contributed by atoms with E-state index in [1.165, 1.54) is 40.9 Å². The minimum atomic E-state index is -0.493. The van der Waals surface area contributed by atoms with Crippen molar-refractivity contribution < 1.29 is 14.0 Å². The molecule has 1 saturated heterocycles. The molecule has 1 aromatic heterocycles. The van der Waals surface area contributed by atoms with Crippen molar-refractivity contribution in [3.63, 3.8) is 0 Å². The standard InChI is InChI=1S/C27H28FN3O2S/c1-20(32)31(25-10-6-5-9-24(25)28)27-29-23(19-34-27)13-14-26(33)30-17-15-22(16-18-30)12-11-21-7-3-2-4-8-21/h2-10,13-14,19,22H,11-12,15-18H2,1H3/b14-13+. The molecular formula is C27H28FN3O2S. The van der Waals surface area contributed by atoms with Crippen molar-refractivity contribution in [1.82, 2.24) is 9.88 Å². The van der Waals surface area contributed by atoms with Gasteiger partial charge in [-0.2, -0.15) is 0 Å². The summed E-state index contributed by atoms with van der Waals surface area (Å²) in [6.07, 6.45) is 7.45. The number of rotatable bonds is 7. The summed E-state index contributed by atoms with van der Waals surface area (Å²) in [5.74, 6) is -0.215. The first kappa shape index (κ1) is 23.8. The summed E-state index contributed by atoms with van der Waals surface area (Å²) < 4.78 is 14.2. The molecule has 4 rings (SSSR count). The Hall–Kier alpha value is -3.32. The number of likely N-dealkylation sites (tertiary alicyclic amines) is 1. The largest absolute Gasteiger partial charge is 0.339 e. The van der Waals surface area contributed by atoms with Crippen LogP contribution in [0.25, 0.3) is 6.08 Å². The van der Waals surface area contributed by atoms with Crippen molar-refractivity contribution in [1.29, 1.82) is 0 Å². The van der Waals surface area contributed by atoms with Crippen LogP contribution in [-0.2, 0) is 16.0 Å². The Morgan fingerprint density at radius 2 is 1.82 bits per heavy atom. The van der Waals surface area contributed by atoms with Crippen LogP contribution in [0.15, 0.2) is 66.1 Å². The SMILES string of the molecule is CC(=O)N(c1nc(/C=C/C(=O)N2CCC(CCc3ccccc3)CC2)cs1)c1ccccc1F. The van der Waals surface area contributed by atoms with Crippen molar-refractivity contribution in [2.45, 2.75) is 32.6 Å². The van der Waals surface area contributed by atoms with E-state index in [4.69, 9.17) is 0 Å². The first-order valence-electron chi connectivity index (χ1n) is 11.5. The number of amides is 2. The van der Waals surface area contributed by atoms with Gasteiger partial charge in [0.1, 0.15) is 5.82 Å². The van der Waals surface area contributed by atoms with Crippen LogP contribution in [0.2, 0.25) is 0 Å². The normalized spacial score (nSPS) is 14.5. The number of hydrogen-bond acceptors (Lipinski definition) is 4. The van der Waals surface area contributed by atoms with Gasteiger partial charge in [0.15, 0.2) is 5.13 Å². The van der Waals surface area contributed by atoms with Gasteiger partial charge in [-0.25, -0.2) is 9.37 Å². The van der Waals surface area contributed by atoms with Crippen LogP contribution in [-0.4, -0.2) is 34.8 Å². The highest BCUT2D eigenvalue weighted by atomic mass is 32.1. The fourth-order valence-electron chi connectivity index (χ4n) is 4.22. The molecule has 0 radical (unpaired) electrons. The molecule has 34 heavy (non-hydrogen) atoms. The first-order chi connectivity index (χ1) is 16.5. The topological polar surface area (TPSA) is 53.5 Å². The molecule has 3 aromatic rings. The first-order valence-corrected chi connectivity index (χ1v) is 12.4. The molecule has 2 aromatic carbocycles. The lowest BCUT2D eigenvalue weighted by molar-refractivity contribution is -0.127. The third-order valence-electron chi connectivity index (χ3n) is 6.12. The van der Waals surface area contributed by atoms with E-state index in [0.717, 1.165) is 38.8 Å². The van der Waals surface area contributed by atoms with Gasteiger partial charge in [0.05, 0.1) is 11.4 Å². The zero-order chi connectivity index (χ0) is 23.9. The summed E-state index contributed by atoms with van der Waals surface area (Å²) in [5.41, 5.74) is 2.09. The number of aryl methyl sites for hydroxylation is 1. The highest BCUT2D eigenvalue weighted by Crippen LogP contribution is 2.31. The number of anilines is 2. The summed E-state index contributed by atoms with van der Waals surface area (Å²) in [7, 11) is 0. The summed E-state index contributed by atoms with van der Waals surface area (Å²) in [4.78, 5) is 32.4. The predicted molar refractivity (Wildman–Crippen MR) is 134 cm³/mol. The lowest BCUT2D eigenvalue weighted by Gasteiger charge is -2.31. The maximum Gasteiger partial charge on any atom is 0.246 e. The Morgan fingerprint density at radius 1 is 1.12 bits per heavy atom. The van der Waals surface area contributed by atoms with E-state index in [1.54, 1.807) is 29.7 Å². The second-order valence-corrected chi connectivity index (χ2v) is 9.32. The number of carbonyl (C=O) groups excluding carboxylic acids is 2. The number of thiazole rings is 1. The van der Waals surface area contributed by atoms with Gasteiger partial charge in [-0.05, 0) is 55.4 Å². The van der Waals surface area contributed by atoms with Crippen LogP contribution < -0.4 is 4.90 Å². The molecule has 0 saturated carbocycles. The predicted octanol–water partition coefficient (Wildman–Crippen LogP) is 5.85. The van der Waals surface area contributed by atoms with Crippen molar-refractivity contribution in [3.05, 3.63) is 83.1 Å². The molecule has 2 heterocycles. The summed E-state index contributed by atoms with van der Waals surface area (Å²) in [6, 6.07) is 16.6. The Balaban J connectivity index is 1.32. The summed E-state index contributed by atoms with van der Waals surface area (Å²) in [5, 5.41) is 2.12. The number of aromatic nitrogens is 1. The molecular weight excluding hydrogens is 449 g/mol. The molecule has 0 aliphatic carbocycles. The van der Waals surface area contributed by atoms with Crippen LogP contribution in [0.1, 0.15) is 37.4 Å². The quantitative estimate of drug-likeness (QED) is 0.401. The summed E-state index contributed by atoms with van der Waals surface area (Å²) in [6.45, 7) is 2.89. The number of nitrogens with zero attached hydrogens (tertiary/aromatic N) is 3. The van der Waals surface area contributed by atoms with Crippen LogP contribution >= 0.6 is 11.3 Å². The number of carbonyl (C=O) groups is 2. The third kappa shape index (κ3) is 5.97. The van der Waals surface area contributed by atoms with Crippen LogP contribution in [0.4, 0.5) is 15.2 Å². The van der Waals surface area contributed by atoms with Gasteiger partial charge in [-0.15, -0.1) is 11.3 Å². The van der Waals surface area contributed by atoms with Gasteiger partial charge in [-0.1, -0.05) is 42.5 Å². The van der Waals surface area contributed by atoms with E-state index in [2.05, 4.69) is 29.2 Å². The van der Waals surface area contributed by atoms with Gasteiger partial charge in [0, 0.05) is 31.5 Å². The number of benzene rings is 2. The van der Waals surface area contributed by atoms with Crippen molar-refractivity contribution in [2.75, 3.05) is 18.0 Å². The molecule has 0 atom stereocenters. The fraction of sp³-hybridized carbons (Fsp3) is 0.296. The number of piperidine rings is 1. The Morgan fingerprint density at radius 3 is 2.53 bits per heavy atom. The second kappa shape index (κ2) is 11.2. The highest BCUT2D eigenvalue weighted by molar-refractivity contribution is 7.14. The average molecular weight is 478 g/mol. The van der Waals surface area contributed by atoms with E-state index in [9.17, 15) is 14.0 Å². The Kier molecular flexibility index (Phi) is 7.85. The second-order valence-electron chi connectivity index (χ2n) is 8.49. The number of halogens is 1. The molecule has 2 amide bonds. The lowest BCUT2D eigenvalue weighted by Crippen LogP contribution is -2.37.